The summed E-state index contributed by atoms with van der Waals surface area (Å²) in [6.45, 7) is 5.87. The summed E-state index contributed by atoms with van der Waals surface area (Å²) in [5.74, 6) is 0. The zero-order chi connectivity index (χ0) is 11.6. The number of likely N-dealkylation sites (tertiary alicyclic amines) is 1. The van der Waals surface area contributed by atoms with Crippen LogP contribution in [-0.2, 0) is 4.74 Å². The molecule has 1 fully saturated rings. The van der Waals surface area contributed by atoms with Crippen LogP contribution in [0.5, 0.6) is 0 Å². The van der Waals surface area contributed by atoms with Gasteiger partial charge in [0.15, 0.2) is 0 Å². The van der Waals surface area contributed by atoms with Crippen LogP contribution in [0.25, 0.3) is 0 Å². The maximum absolute atomic E-state index is 11.7. The quantitative estimate of drug-likeness (QED) is 0.744. The normalized spacial score (nSPS) is 26.9. The fraction of sp³-hybridized carbons (Fsp3) is 0.900. The van der Waals surface area contributed by atoms with Crippen molar-refractivity contribution in [1.29, 1.82) is 0 Å². The number of carbonyl (C=O) groups is 1. The van der Waals surface area contributed by atoms with Crippen molar-refractivity contribution in [2.24, 2.45) is 0 Å². The average molecular weight is 280 g/mol. The predicted octanol–water partition coefficient (Wildman–Crippen LogP) is 1.75. The molecule has 1 saturated heterocycles. The molecule has 1 rings (SSSR count). The molecule has 5 heteroatoms. The summed E-state index contributed by atoms with van der Waals surface area (Å²) < 4.78 is 5.26. The number of carbonyl (C=O) groups excluding carboxylic acids is 1. The van der Waals surface area contributed by atoms with Crippen molar-refractivity contribution in [2.45, 2.75) is 44.9 Å². The monoisotopic (exact) mass is 279 g/mol. The largest absolute Gasteiger partial charge is 0.444 e. The molecule has 1 aliphatic heterocycles. The molecule has 1 aliphatic rings. The minimum absolute atomic E-state index is 0.0369. The fourth-order valence-corrected chi connectivity index (χ4v) is 2.20. The third-order valence-corrected chi connectivity index (χ3v) is 2.95. The summed E-state index contributed by atoms with van der Waals surface area (Å²) in [6.07, 6.45) is -0.159. The second-order valence-electron chi connectivity index (χ2n) is 4.83. The van der Waals surface area contributed by atoms with E-state index in [4.69, 9.17) is 4.74 Å². The first-order valence-corrected chi connectivity index (χ1v) is 6.19. The van der Waals surface area contributed by atoms with Crippen molar-refractivity contribution in [3.8, 4) is 0 Å². The van der Waals surface area contributed by atoms with E-state index in [-0.39, 0.29) is 12.1 Å². The van der Waals surface area contributed by atoms with Crippen LogP contribution in [0.15, 0.2) is 0 Å². The van der Waals surface area contributed by atoms with Crippen LogP contribution in [0.4, 0.5) is 4.79 Å². The van der Waals surface area contributed by atoms with E-state index in [1.54, 1.807) is 4.90 Å². The molecule has 4 nitrogen and oxygen atoms in total. The van der Waals surface area contributed by atoms with E-state index in [0.717, 1.165) is 0 Å². The Morgan fingerprint density at radius 2 is 2.20 bits per heavy atom. The van der Waals surface area contributed by atoms with Gasteiger partial charge in [-0.15, -0.1) is 0 Å². The van der Waals surface area contributed by atoms with Crippen molar-refractivity contribution >= 4 is 22.0 Å². The van der Waals surface area contributed by atoms with Crippen LogP contribution >= 0.6 is 15.9 Å². The zero-order valence-electron chi connectivity index (χ0n) is 9.36. The molecule has 1 heterocycles. The molecule has 0 aromatic heterocycles. The smallest absolute Gasteiger partial charge is 0.410 e. The topological polar surface area (TPSA) is 49.8 Å². The Morgan fingerprint density at radius 3 is 2.67 bits per heavy atom. The molecule has 1 amide bonds. The number of nitrogens with zero attached hydrogens (tertiary/aromatic N) is 1. The Hall–Kier alpha value is -0.290. The average Bonchev–Trinajstić information content (AvgIpc) is 2.43. The number of amides is 1. The molecule has 1 N–H and O–H groups in total. The maximum atomic E-state index is 11.7. The molecule has 88 valence electrons. The molecular weight excluding hydrogens is 262 g/mol. The van der Waals surface area contributed by atoms with Gasteiger partial charge in [0.25, 0.3) is 0 Å². The molecule has 0 bridgehead atoms. The van der Waals surface area contributed by atoms with Crippen LogP contribution in [0.3, 0.4) is 0 Å². The number of hydrogen-bond donors (Lipinski definition) is 1. The second kappa shape index (κ2) is 4.70. The Labute approximate surface area is 98.7 Å². The van der Waals surface area contributed by atoms with Gasteiger partial charge in [-0.05, 0) is 27.2 Å². The highest BCUT2D eigenvalue weighted by Gasteiger charge is 2.35. The lowest BCUT2D eigenvalue weighted by Gasteiger charge is -2.27. The zero-order valence-corrected chi connectivity index (χ0v) is 11.0. The lowest BCUT2D eigenvalue weighted by molar-refractivity contribution is 0.0223. The molecule has 0 spiro atoms. The van der Waals surface area contributed by atoms with Crippen LogP contribution in [0, 0.1) is 0 Å². The number of rotatable bonds is 1. The lowest BCUT2D eigenvalue weighted by atomic mass is 10.2. The summed E-state index contributed by atoms with van der Waals surface area (Å²) in [7, 11) is 0. The molecule has 0 saturated carbocycles. The van der Waals surface area contributed by atoms with E-state index < -0.39 is 11.7 Å². The van der Waals surface area contributed by atoms with E-state index in [0.29, 0.717) is 18.3 Å². The van der Waals surface area contributed by atoms with Gasteiger partial charge in [0.05, 0.1) is 12.6 Å². The highest BCUT2D eigenvalue weighted by atomic mass is 79.9. The minimum atomic E-state index is -0.485. The van der Waals surface area contributed by atoms with E-state index in [1.807, 2.05) is 20.8 Å². The van der Waals surface area contributed by atoms with Gasteiger partial charge in [-0.3, -0.25) is 0 Å². The molecule has 0 aromatic rings. The second-order valence-corrected chi connectivity index (χ2v) is 5.48. The van der Waals surface area contributed by atoms with Crippen LogP contribution in [-0.4, -0.2) is 45.7 Å². The van der Waals surface area contributed by atoms with Gasteiger partial charge in [-0.25, -0.2) is 4.79 Å². The summed E-state index contributed by atoms with van der Waals surface area (Å²) >= 11 is 3.33. The number of aliphatic hydroxyl groups is 1. The van der Waals surface area contributed by atoms with Crippen molar-refractivity contribution in [3.05, 3.63) is 0 Å². The Kier molecular flexibility index (Phi) is 4.00. The minimum Gasteiger partial charge on any atom is -0.444 e. The van der Waals surface area contributed by atoms with Crippen LogP contribution < -0.4 is 0 Å². The number of aliphatic hydroxyl groups excluding tert-OH is 1. The predicted molar refractivity (Wildman–Crippen MR) is 61.1 cm³/mol. The molecule has 0 radical (unpaired) electrons. The molecule has 0 aromatic carbocycles. The number of hydrogen-bond acceptors (Lipinski definition) is 3. The maximum Gasteiger partial charge on any atom is 0.410 e. The number of ether oxygens (including phenoxy) is 1. The van der Waals surface area contributed by atoms with E-state index in [1.165, 1.54) is 0 Å². The molecule has 2 atom stereocenters. The third-order valence-electron chi connectivity index (χ3n) is 2.20. The molecule has 15 heavy (non-hydrogen) atoms. The van der Waals surface area contributed by atoms with Gasteiger partial charge >= 0.3 is 6.09 Å². The van der Waals surface area contributed by atoms with Gasteiger partial charge in [0.1, 0.15) is 5.60 Å². The highest BCUT2D eigenvalue weighted by Crippen LogP contribution is 2.22. The van der Waals surface area contributed by atoms with E-state index >= 15 is 0 Å². The lowest BCUT2D eigenvalue weighted by Crippen LogP contribution is -2.40. The molecule has 0 aliphatic carbocycles. The van der Waals surface area contributed by atoms with Crippen molar-refractivity contribution in [1.82, 2.24) is 4.90 Å². The van der Waals surface area contributed by atoms with Gasteiger partial charge in [-0.1, -0.05) is 15.9 Å². The highest BCUT2D eigenvalue weighted by molar-refractivity contribution is 9.09. The van der Waals surface area contributed by atoms with E-state index in [2.05, 4.69) is 15.9 Å². The Bertz CT molecular complexity index is 239. The van der Waals surface area contributed by atoms with Crippen molar-refractivity contribution < 1.29 is 14.6 Å². The van der Waals surface area contributed by atoms with Gasteiger partial charge < -0.3 is 14.7 Å². The first kappa shape index (κ1) is 12.8. The molecular formula is C10H18BrNO3. The van der Waals surface area contributed by atoms with Gasteiger partial charge in [0, 0.05) is 11.4 Å². The van der Waals surface area contributed by atoms with Gasteiger partial charge in [-0.2, -0.15) is 0 Å². The third kappa shape index (κ3) is 3.65. The first-order chi connectivity index (χ1) is 6.83. The van der Waals surface area contributed by atoms with Gasteiger partial charge in [0.2, 0.25) is 0 Å². The standard InChI is InChI=1S/C10H18BrNO3/c1-10(2,3)15-9(14)12-6-8(13)4-7(12)5-11/h7-8,13H,4-6H2,1-3H3/t7?,8-/m1/s1. The van der Waals surface area contributed by atoms with Crippen molar-refractivity contribution in [3.63, 3.8) is 0 Å². The van der Waals surface area contributed by atoms with Crippen LogP contribution in [0.2, 0.25) is 0 Å². The first-order valence-electron chi connectivity index (χ1n) is 5.07. The molecule has 1 unspecified atom stereocenters. The SMILES string of the molecule is CC(C)(C)OC(=O)N1C[C@H](O)CC1CBr. The summed E-state index contributed by atoms with van der Waals surface area (Å²) in [4.78, 5) is 13.3. The van der Waals surface area contributed by atoms with Crippen LogP contribution in [0.1, 0.15) is 27.2 Å². The fourth-order valence-electron chi connectivity index (χ4n) is 1.58. The summed E-state index contributed by atoms with van der Waals surface area (Å²) in [6, 6.07) is 0.0369. The number of alkyl halides is 1. The summed E-state index contributed by atoms with van der Waals surface area (Å²) in [5, 5.41) is 10.1. The Balaban J connectivity index is 2.59. The Morgan fingerprint density at radius 1 is 1.60 bits per heavy atom. The number of β-amino-alcohol motifs (C(OH)–C–C–N with tert-alkyl or cyclic N) is 1. The van der Waals surface area contributed by atoms with E-state index in [9.17, 15) is 9.90 Å². The number of halogens is 1. The summed E-state index contributed by atoms with van der Waals surface area (Å²) in [5.41, 5.74) is -0.485. The van der Waals surface area contributed by atoms with Crippen molar-refractivity contribution in [2.75, 3.05) is 11.9 Å².